The molecule has 0 radical (unpaired) electrons. The quantitative estimate of drug-likeness (QED) is 0.907. The van der Waals surface area contributed by atoms with Gasteiger partial charge in [-0.05, 0) is 24.6 Å². The maximum absolute atomic E-state index is 6.00. The summed E-state index contributed by atoms with van der Waals surface area (Å²) in [6, 6.07) is 3.53. The van der Waals surface area contributed by atoms with Crippen LogP contribution >= 0.6 is 11.6 Å². The molecule has 90 valence electrons. The van der Waals surface area contributed by atoms with Crippen LogP contribution in [0.2, 0.25) is 5.02 Å². The van der Waals surface area contributed by atoms with Crippen molar-refractivity contribution < 1.29 is 9.15 Å². The second kappa shape index (κ2) is 4.73. The third-order valence-corrected chi connectivity index (χ3v) is 2.53. The van der Waals surface area contributed by atoms with Gasteiger partial charge in [0.1, 0.15) is 5.75 Å². The summed E-state index contributed by atoms with van der Waals surface area (Å²) in [5.41, 5.74) is 6.99. The number of nitrogens with two attached hydrogens (primary N) is 1. The van der Waals surface area contributed by atoms with E-state index in [2.05, 4.69) is 10.2 Å². The lowest BCUT2D eigenvalue weighted by atomic mass is 10.1. The maximum atomic E-state index is 6.00. The first kappa shape index (κ1) is 11.9. The Morgan fingerprint density at radius 2 is 2.18 bits per heavy atom. The predicted molar refractivity (Wildman–Crippen MR) is 63.9 cm³/mol. The minimum absolute atomic E-state index is 0.203. The number of benzene rings is 1. The number of methoxy groups -OCH3 is 1. The number of aromatic nitrogens is 2. The van der Waals surface area contributed by atoms with Crippen molar-refractivity contribution in [3.63, 3.8) is 0 Å². The molecular formula is C11H12ClN3O2. The van der Waals surface area contributed by atoms with Crippen molar-refractivity contribution in [3.05, 3.63) is 28.6 Å². The van der Waals surface area contributed by atoms with Crippen molar-refractivity contribution in [1.29, 1.82) is 0 Å². The van der Waals surface area contributed by atoms with Gasteiger partial charge in [-0.25, -0.2) is 0 Å². The Morgan fingerprint density at radius 3 is 2.76 bits per heavy atom. The molecule has 17 heavy (non-hydrogen) atoms. The largest absolute Gasteiger partial charge is 0.496 e. The first-order chi connectivity index (χ1) is 8.15. The fraction of sp³-hybridized carbons (Fsp3) is 0.273. The van der Waals surface area contributed by atoms with Gasteiger partial charge in [-0.2, -0.15) is 0 Å². The van der Waals surface area contributed by atoms with Gasteiger partial charge in [0.05, 0.1) is 19.2 Å². The molecule has 1 aromatic carbocycles. The number of ether oxygens (including phenoxy) is 1. The minimum atomic E-state index is 0.203. The van der Waals surface area contributed by atoms with Gasteiger partial charge >= 0.3 is 0 Å². The van der Waals surface area contributed by atoms with Gasteiger partial charge in [0.25, 0.3) is 5.89 Å². The van der Waals surface area contributed by atoms with Crippen LogP contribution in [0.25, 0.3) is 11.5 Å². The summed E-state index contributed by atoms with van der Waals surface area (Å²) in [4.78, 5) is 0. The van der Waals surface area contributed by atoms with Gasteiger partial charge < -0.3 is 14.9 Å². The molecule has 0 aliphatic rings. The van der Waals surface area contributed by atoms with E-state index in [4.69, 9.17) is 26.5 Å². The molecule has 5 nitrogen and oxygen atoms in total. The molecule has 0 unspecified atom stereocenters. The summed E-state index contributed by atoms with van der Waals surface area (Å²) >= 11 is 6.00. The molecule has 2 N–H and O–H groups in total. The molecule has 0 bridgehead atoms. The van der Waals surface area contributed by atoms with E-state index in [0.717, 1.165) is 5.56 Å². The van der Waals surface area contributed by atoms with Gasteiger partial charge in [-0.15, -0.1) is 10.2 Å². The fourth-order valence-electron chi connectivity index (χ4n) is 1.60. The first-order valence-electron chi connectivity index (χ1n) is 5.02. The highest BCUT2D eigenvalue weighted by atomic mass is 35.5. The minimum Gasteiger partial charge on any atom is -0.496 e. The molecule has 0 aliphatic heterocycles. The number of rotatable bonds is 3. The van der Waals surface area contributed by atoms with Crippen LogP contribution in [0.15, 0.2) is 16.5 Å². The molecule has 0 fully saturated rings. The molecule has 2 aromatic rings. The van der Waals surface area contributed by atoms with E-state index in [1.54, 1.807) is 13.2 Å². The zero-order valence-corrected chi connectivity index (χ0v) is 10.3. The molecular weight excluding hydrogens is 242 g/mol. The van der Waals surface area contributed by atoms with Crippen LogP contribution in [0.1, 0.15) is 11.5 Å². The van der Waals surface area contributed by atoms with E-state index < -0.39 is 0 Å². The summed E-state index contributed by atoms with van der Waals surface area (Å²) in [7, 11) is 1.58. The SMILES string of the molecule is COc1c(C)cc(Cl)cc1-c1nnc(CN)o1. The Kier molecular flexibility index (Phi) is 3.31. The molecule has 2 rings (SSSR count). The molecule has 0 aliphatic carbocycles. The normalized spacial score (nSPS) is 10.6. The summed E-state index contributed by atoms with van der Waals surface area (Å²) in [6.07, 6.45) is 0. The van der Waals surface area contributed by atoms with Crippen molar-refractivity contribution in [2.75, 3.05) is 7.11 Å². The lowest BCUT2D eigenvalue weighted by Gasteiger charge is -2.09. The van der Waals surface area contributed by atoms with E-state index in [1.165, 1.54) is 0 Å². The number of nitrogens with zero attached hydrogens (tertiary/aromatic N) is 2. The molecule has 0 amide bonds. The van der Waals surface area contributed by atoms with E-state index >= 15 is 0 Å². The molecule has 0 spiro atoms. The molecule has 1 heterocycles. The second-order valence-electron chi connectivity index (χ2n) is 3.51. The maximum Gasteiger partial charge on any atom is 0.251 e. The van der Waals surface area contributed by atoms with Gasteiger partial charge in [0.15, 0.2) is 0 Å². The van der Waals surface area contributed by atoms with Crippen LogP contribution in [-0.2, 0) is 6.54 Å². The van der Waals surface area contributed by atoms with Crippen LogP contribution < -0.4 is 10.5 Å². The monoisotopic (exact) mass is 253 g/mol. The molecule has 6 heteroatoms. The topological polar surface area (TPSA) is 74.2 Å². The van der Waals surface area contributed by atoms with Crippen molar-refractivity contribution in [2.24, 2.45) is 5.73 Å². The van der Waals surface area contributed by atoms with Crippen LogP contribution in [0, 0.1) is 6.92 Å². The lowest BCUT2D eigenvalue weighted by Crippen LogP contribution is -1.95. The Morgan fingerprint density at radius 1 is 1.41 bits per heavy atom. The Labute approximate surface area is 104 Å². The Hall–Kier alpha value is -1.59. The van der Waals surface area contributed by atoms with Crippen LogP contribution in [0.3, 0.4) is 0 Å². The smallest absolute Gasteiger partial charge is 0.251 e. The third kappa shape index (κ3) is 2.25. The highest BCUT2D eigenvalue weighted by molar-refractivity contribution is 6.31. The standard InChI is InChI=1S/C11H12ClN3O2/c1-6-3-7(12)4-8(10(6)16-2)11-15-14-9(5-13)17-11/h3-4H,5,13H2,1-2H3. The van der Waals surface area contributed by atoms with E-state index in [-0.39, 0.29) is 6.54 Å². The average Bonchev–Trinajstić information content (AvgIpc) is 2.76. The first-order valence-corrected chi connectivity index (χ1v) is 5.40. The number of halogens is 1. The summed E-state index contributed by atoms with van der Waals surface area (Å²) in [6.45, 7) is 2.10. The summed E-state index contributed by atoms with van der Waals surface area (Å²) in [5.74, 6) is 1.40. The van der Waals surface area contributed by atoms with Crippen LogP contribution in [0.4, 0.5) is 0 Å². The average molecular weight is 254 g/mol. The highest BCUT2D eigenvalue weighted by Gasteiger charge is 2.15. The molecule has 0 saturated carbocycles. The summed E-state index contributed by atoms with van der Waals surface area (Å²) in [5, 5.41) is 8.31. The Bertz CT molecular complexity index is 540. The van der Waals surface area contributed by atoms with E-state index in [0.29, 0.717) is 28.1 Å². The van der Waals surface area contributed by atoms with Crippen molar-refractivity contribution in [1.82, 2.24) is 10.2 Å². The van der Waals surface area contributed by atoms with Gasteiger partial charge in [0, 0.05) is 5.02 Å². The van der Waals surface area contributed by atoms with E-state index in [9.17, 15) is 0 Å². The number of aryl methyl sites for hydroxylation is 1. The second-order valence-corrected chi connectivity index (χ2v) is 3.95. The van der Waals surface area contributed by atoms with E-state index in [1.807, 2.05) is 13.0 Å². The summed E-state index contributed by atoms with van der Waals surface area (Å²) < 4.78 is 10.7. The zero-order valence-electron chi connectivity index (χ0n) is 9.53. The number of hydrogen-bond donors (Lipinski definition) is 1. The van der Waals surface area contributed by atoms with Crippen molar-refractivity contribution >= 4 is 11.6 Å². The van der Waals surface area contributed by atoms with Crippen molar-refractivity contribution in [2.45, 2.75) is 13.5 Å². The molecule has 0 saturated heterocycles. The van der Waals surface area contributed by atoms with Gasteiger partial charge in [0.2, 0.25) is 5.89 Å². The van der Waals surface area contributed by atoms with Crippen LogP contribution in [0.5, 0.6) is 5.75 Å². The Balaban J connectivity index is 2.57. The van der Waals surface area contributed by atoms with Crippen molar-refractivity contribution in [3.8, 4) is 17.2 Å². The van der Waals surface area contributed by atoms with Gasteiger partial charge in [-0.1, -0.05) is 11.6 Å². The molecule has 0 atom stereocenters. The highest BCUT2D eigenvalue weighted by Crippen LogP contribution is 2.34. The fourth-order valence-corrected chi connectivity index (χ4v) is 1.88. The molecule has 1 aromatic heterocycles. The number of hydrogen-bond acceptors (Lipinski definition) is 5. The lowest BCUT2D eigenvalue weighted by molar-refractivity contribution is 0.410. The van der Waals surface area contributed by atoms with Crippen LogP contribution in [-0.4, -0.2) is 17.3 Å². The third-order valence-electron chi connectivity index (χ3n) is 2.32. The zero-order chi connectivity index (χ0) is 12.4. The predicted octanol–water partition coefficient (Wildman–Crippen LogP) is 2.17. The van der Waals surface area contributed by atoms with Gasteiger partial charge in [-0.3, -0.25) is 0 Å².